The van der Waals surface area contributed by atoms with Gasteiger partial charge >= 0.3 is 0 Å². The molecule has 18 heavy (non-hydrogen) atoms. The van der Waals surface area contributed by atoms with Gasteiger partial charge in [0.1, 0.15) is 5.75 Å². The second kappa shape index (κ2) is 7.65. The van der Waals surface area contributed by atoms with E-state index in [2.05, 4.69) is 10.6 Å². The fourth-order valence-electron chi connectivity index (χ4n) is 1.32. The third-order valence-corrected chi connectivity index (χ3v) is 2.23. The number of carbonyl (C=O) groups is 1. The summed E-state index contributed by atoms with van der Waals surface area (Å²) in [4.78, 5) is 11.5. The van der Waals surface area contributed by atoms with Gasteiger partial charge in [0, 0.05) is 18.3 Å². The number of benzene rings is 1. The molecule has 1 rings (SSSR count). The molecule has 1 atom stereocenters. The first-order valence-corrected chi connectivity index (χ1v) is 5.59. The standard InChI is InChI=1S/C12H18N2O4/c1-18-11-4-2-3-9(5-11)14-12(17)7-13-6-10(16)8-15/h2-5,10,13,15-16H,6-8H2,1H3,(H,14,17). The lowest BCUT2D eigenvalue weighted by atomic mass is 10.3. The topological polar surface area (TPSA) is 90.8 Å². The van der Waals surface area contributed by atoms with Gasteiger partial charge in [0.15, 0.2) is 0 Å². The molecule has 6 heteroatoms. The highest BCUT2D eigenvalue weighted by molar-refractivity contribution is 5.92. The van der Waals surface area contributed by atoms with Crippen LogP contribution in [0.2, 0.25) is 0 Å². The first-order valence-electron chi connectivity index (χ1n) is 5.59. The van der Waals surface area contributed by atoms with Crippen molar-refractivity contribution in [2.24, 2.45) is 0 Å². The summed E-state index contributed by atoms with van der Waals surface area (Å²) >= 11 is 0. The molecular formula is C12H18N2O4. The third kappa shape index (κ3) is 5.13. The van der Waals surface area contributed by atoms with Crippen LogP contribution in [-0.4, -0.2) is 49.0 Å². The van der Waals surface area contributed by atoms with E-state index in [0.29, 0.717) is 11.4 Å². The van der Waals surface area contributed by atoms with Crippen molar-refractivity contribution in [1.29, 1.82) is 0 Å². The van der Waals surface area contributed by atoms with E-state index in [1.807, 2.05) is 0 Å². The second-order valence-electron chi connectivity index (χ2n) is 3.75. The summed E-state index contributed by atoms with van der Waals surface area (Å²) in [5.74, 6) is 0.435. The van der Waals surface area contributed by atoms with Gasteiger partial charge in [-0.2, -0.15) is 0 Å². The van der Waals surface area contributed by atoms with Crippen LogP contribution in [0.5, 0.6) is 5.75 Å². The fraction of sp³-hybridized carbons (Fsp3) is 0.417. The Morgan fingerprint density at radius 2 is 2.28 bits per heavy atom. The van der Waals surface area contributed by atoms with E-state index in [1.165, 1.54) is 0 Å². The largest absolute Gasteiger partial charge is 0.497 e. The van der Waals surface area contributed by atoms with Crippen molar-refractivity contribution in [3.8, 4) is 5.75 Å². The van der Waals surface area contributed by atoms with Crippen molar-refractivity contribution in [3.63, 3.8) is 0 Å². The highest BCUT2D eigenvalue weighted by Gasteiger charge is 2.05. The number of anilines is 1. The van der Waals surface area contributed by atoms with Crippen LogP contribution in [0.3, 0.4) is 0 Å². The Morgan fingerprint density at radius 3 is 2.94 bits per heavy atom. The molecule has 0 radical (unpaired) electrons. The molecule has 0 aromatic heterocycles. The normalized spacial score (nSPS) is 11.9. The molecule has 100 valence electrons. The molecule has 0 saturated carbocycles. The SMILES string of the molecule is COc1cccc(NC(=O)CNCC(O)CO)c1. The van der Waals surface area contributed by atoms with Crippen molar-refractivity contribution >= 4 is 11.6 Å². The summed E-state index contributed by atoms with van der Waals surface area (Å²) in [5.41, 5.74) is 0.642. The molecule has 4 N–H and O–H groups in total. The smallest absolute Gasteiger partial charge is 0.238 e. The number of amides is 1. The molecule has 0 saturated heterocycles. The van der Waals surface area contributed by atoms with E-state index in [4.69, 9.17) is 14.9 Å². The van der Waals surface area contributed by atoms with Crippen LogP contribution in [0.25, 0.3) is 0 Å². The van der Waals surface area contributed by atoms with Gasteiger partial charge < -0.3 is 25.6 Å². The first kappa shape index (κ1) is 14.4. The zero-order valence-corrected chi connectivity index (χ0v) is 10.2. The number of hydrogen-bond donors (Lipinski definition) is 4. The van der Waals surface area contributed by atoms with Gasteiger partial charge in [0.25, 0.3) is 0 Å². The van der Waals surface area contributed by atoms with Crippen molar-refractivity contribution in [1.82, 2.24) is 5.32 Å². The predicted molar refractivity (Wildman–Crippen MR) is 67.6 cm³/mol. The molecule has 1 aromatic rings. The van der Waals surface area contributed by atoms with Crippen LogP contribution < -0.4 is 15.4 Å². The molecule has 0 fully saturated rings. The molecule has 0 aliphatic heterocycles. The number of aliphatic hydroxyl groups excluding tert-OH is 2. The van der Waals surface area contributed by atoms with E-state index in [1.54, 1.807) is 31.4 Å². The summed E-state index contributed by atoms with van der Waals surface area (Å²) < 4.78 is 5.04. The zero-order valence-electron chi connectivity index (χ0n) is 10.2. The van der Waals surface area contributed by atoms with Crippen LogP contribution in [0.1, 0.15) is 0 Å². The maximum atomic E-state index is 11.5. The Bertz CT molecular complexity index is 384. The minimum atomic E-state index is -0.852. The van der Waals surface area contributed by atoms with E-state index in [-0.39, 0.29) is 25.6 Å². The number of hydrogen-bond acceptors (Lipinski definition) is 5. The van der Waals surface area contributed by atoms with E-state index in [9.17, 15) is 4.79 Å². The van der Waals surface area contributed by atoms with Gasteiger partial charge in [-0.1, -0.05) is 6.07 Å². The quantitative estimate of drug-likeness (QED) is 0.530. The van der Waals surface area contributed by atoms with E-state index in [0.717, 1.165) is 0 Å². The maximum absolute atomic E-state index is 11.5. The summed E-state index contributed by atoms with van der Waals surface area (Å²) in [7, 11) is 1.55. The molecule has 0 bridgehead atoms. The van der Waals surface area contributed by atoms with Gasteiger partial charge in [0.2, 0.25) is 5.91 Å². The highest BCUT2D eigenvalue weighted by Crippen LogP contribution is 2.16. The minimum absolute atomic E-state index is 0.0638. The van der Waals surface area contributed by atoms with Crippen LogP contribution in [0, 0.1) is 0 Å². The monoisotopic (exact) mass is 254 g/mol. The third-order valence-electron chi connectivity index (χ3n) is 2.23. The van der Waals surface area contributed by atoms with Crippen LogP contribution in [0.15, 0.2) is 24.3 Å². The molecular weight excluding hydrogens is 236 g/mol. The van der Waals surface area contributed by atoms with E-state index < -0.39 is 6.10 Å². The lowest BCUT2D eigenvalue weighted by Crippen LogP contribution is -2.35. The van der Waals surface area contributed by atoms with Crippen molar-refractivity contribution < 1.29 is 19.7 Å². The summed E-state index contributed by atoms with van der Waals surface area (Å²) in [6.45, 7) is -0.0964. The van der Waals surface area contributed by atoms with Gasteiger partial charge in [-0.05, 0) is 12.1 Å². The zero-order chi connectivity index (χ0) is 13.4. The Morgan fingerprint density at radius 1 is 1.50 bits per heavy atom. The summed E-state index contributed by atoms with van der Waals surface area (Å²) in [6, 6.07) is 7.02. The number of aliphatic hydroxyl groups is 2. The minimum Gasteiger partial charge on any atom is -0.497 e. The molecule has 1 amide bonds. The molecule has 1 aromatic carbocycles. The maximum Gasteiger partial charge on any atom is 0.238 e. The lowest BCUT2D eigenvalue weighted by molar-refractivity contribution is -0.115. The van der Waals surface area contributed by atoms with Crippen molar-refractivity contribution in [2.75, 3.05) is 32.1 Å². The number of methoxy groups -OCH3 is 1. The second-order valence-corrected chi connectivity index (χ2v) is 3.75. The molecule has 0 spiro atoms. The average molecular weight is 254 g/mol. The van der Waals surface area contributed by atoms with Crippen LogP contribution >= 0.6 is 0 Å². The van der Waals surface area contributed by atoms with Crippen molar-refractivity contribution in [3.05, 3.63) is 24.3 Å². The Balaban J connectivity index is 2.35. The molecule has 1 unspecified atom stereocenters. The van der Waals surface area contributed by atoms with Crippen LogP contribution in [-0.2, 0) is 4.79 Å². The van der Waals surface area contributed by atoms with Gasteiger partial charge in [-0.3, -0.25) is 4.79 Å². The fourth-order valence-corrected chi connectivity index (χ4v) is 1.32. The molecule has 0 heterocycles. The summed E-state index contributed by atoms with van der Waals surface area (Å²) in [6.07, 6.45) is -0.852. The number of rotatable bonds is 7. The van der Waals surface area contributed by atoms with Crippen LogP contribution in [0.4, 0.5) is 5.69 Å². The number of nitrogens with one attached hydrogen (secondary N) is 2. The molecule has 0 aliphatic rings. The number of ether oxygens (including phenoxy) is 1. The van der Waals surface area contributed by atoms with Gasteiger partial charge in [0.05, 0.1) is 26.4 Å². The Labute approximate surface area is 106 Å². The Hall–Kier alpha value is -1.63. The first-order chi connectivity index (χ1) is 8.65. The van der Waals surface area contributed by atoms with E-state index >= 15 is 0 Å². The van der Waals surface area contributed by atoms with Gasteiger partial charge in [-0.25, -0.2) is 0 Å². The lowest BCUT2D eigenvalue weighted by Gasteiger charge is -2.10. The van der Waals surface area contributed by atoms with Crippen molar-refractivity contribution in [2.45, 2.75) is 6.10 Å². The number of carbonyl (C=O) groups excluding carboxylic acids is 1. The Kier molecular flexibility index (Phi) is 6.13. The molecule has 0 aliphatic carbocycles. The summed E-state index contributed by atoms with van der Waals surface area (Å²) in [5, 5.41) is 23.1. The molecule has 6 nitrogen and oxygen atoms in total. The predicted octanol–water partition coefficient (Wildman–Crippen LogP) is -0.424. The van der Waals surface area contributed by atoms with Gasteiger partial charge in [-0.15, -0.1) is 0 Å². The highest BCUT2D eigenvalue weighted by atomic mass is 16.5. The average Bonchev–Trinajstić information content (AvgIpc) is 2.38.